The molecule has 4 nitrogen and oxygen atoms in total. The Balaban J connectivity index is 2.04. The molecule has 0 N–H and O–H groups in total. The first-order valence-electron chi connectivity index (χ1n) is 7.63. The third kappa shape index (κ3) is 5.03. The molecular formula is C17H24ClNO3S. The van der Waals surface area contributed by atoms with Crippen LogP contribution in [0, 0.1) is 0 Å². The predicted octanol–water partition coefficient (Wildman–Crippen LogP) is 4.80. The lowest BCUT2D eigenvalue weighted by Gasteiger charge is -2.35. The second kappa shape index (κ2) is 6.91. The van der Waals surface area contributed by atoms with Crippen LogP contribution in [0.4, 0.5) is 4.79 Å². The molecule has 0 bridgehead atoms. The van der Waals surface area contributed by atoms with Crippen molar-refractivity contribution in [3.63, 3.8) is 0 Å². The molecule has 1 aromatic rings. The van der Waals surface area contributed by atoms with Gasteiger partial charge in [0, 0.05) is 15.7 Å². The molecule has 1 fully saturated rings. The van der Waals surface area contributed by atoms with E-state index in [0.29, 0.717) is 6.61 Å². The second-order valence-corrected chi connectivity index (χ2v) is 8.56. The van der Waals surface area contributed by atoms with Gasteiger partial charge in [-0.1, -0.05) is 11.6 Å². The topological polar surface area (TPSA) is 38.8 Å². The molecule has 0 spiro atoms. The fourth-order valence-electron chi connectivity index (χ4n) is 2.41. The molecule has 1 amide bonds. The van der Waals surface area contributed by atoms with Gasteiger partial charge in [0.2, 0.25) is 0 Å². The van der Waals surface area contributed by atoms with E-state index in [0.717, 1.165) is 15.7 Å². The molecule has 1 aliphatic rings. The standard InChI is InChI=1S/C17H24ClNO3S/c1-16(2,3)22-15(20)19-13(10-21-17(19,4)5)11-23-14-8-6-12(18)7-9-14/h6-9,13H,10-11H2,1-5H3/t13-/m1/s1. The number of hydrogen-bond acceptors (Lipinski definition) is 4. The van der Waals surface area contributed by atoms with Crippen molar-refractivity contribution < 1.29 is 14.3 Å². The molecule has 1 aromatic carbocycles. The Bertz CT molecular complexity index is 554. The molecule has 2 rings (SSSR count). The molecule has 1 aliphatic heterocycles. The Labute approximate surface area is 147 Å². The van der Waals surface area contributed by atoms with Gasteiger partial charge in [-0.05, 0) is 58.9 Å². The van der Waals surface area contributed by atoms with E-state index in [4.69, 9.17) is 21.1 Å². The fourth-order valence-corrected chi connectivity index (χ4v) is 3.49. The maximum atomic E-state index is 12.5. The van der Waals surface area contributed by atoms with Gasteiger partial charge >= 0.3 is 6.09 Å². The van der Waals surface area contributed by atoms with E-state index in [1.54, 1.807) is 16.7 Å². The average molecular weight is 358 g/mol. The van der Waals surface area contributed by atoms with Crippen LogP contribution in [0.3, 0.4) is 0 Å². The highest BCUT2D eigenvalue weighted by molar-refractivity contribution is 7.99. The summed E-state index contributed by atoms with van der Waals surface area (Å²) in [7, 11) is 0. The van der Waals surface area contributed by atoms with Gasteiger partial charge in [-0.15, -0.1) is 11.8 Å². The lowest BCUT2D eigenvalue weighted by atomic mass is 10.2. The largest absolute Gasteiger partial charge is 0.444 e. The van der Waals surface area contributed by atoms with Crippen molar-refractivity contribution in [3.8, 4) is 0 Å². The number of hydrogen-bond donors (Lipinski definition) is 0. The first kappa shape index (κ1) is 18.4. The zero-order valence-electron chi connectivity index (χ0n) is 14.3. The van der Waals surface area contributed by atoms with Crippen molar-refractivity contribution in [1.82, 2.24) is 4.90 Å². The number of nitrogens with zero attached hydrogens (tertiary/aromatic N) is 1. The highest BCUT2D eigenvalue weighted by atomic mass is 35.5. The van der Waals surface area contributed by atoms with Crippen molar-refractivity contribution in [2.75, 3.05) is 12.4 Å². The Kier molecular flexibility index (Phi) is 5.54. The molecule has 1 saturated heterocycles. The van der Waals surface area contributed by atoms with Gasteiger partial charge in [0.05, 0.1) is 12.6 Å². The Hall–Kier alpha value is -0.910. The van der Waals surface area contributed by atoms with Crippen LogP contribution in [-0.4, -0.2) is 40.7 Å². The van der Waals surface area contributed by atoms with Crippen LogP contribution in [0.5, 0.6) is 0 Å². The van der Waals surface area contributed by atoms with Gasteiger partial charge in [-0.3, -0.25) is 4.90 Å². The third-order valence-corrected chi connectivity index (χ3v) is 4.83. The number of ether oxygens (including phenoxy) is 2. The third-order valence-electron chi connectivity index (χ3n) is 3.42. The summed E-state index contributed by atoms with van der Waals surface area (Å²) in [4.78, 5) is 15.4. The molecule has 0 aromatic heterocycles. The maximum Gasteiger partial charge on any atom is 0.412 e. The van der Waals surface area contributed by atoms with E-state index < -0.39 is 11.3 Å². The highest BCUT2D eigenvalue weighted by Gasteiger charge is 2.45. The van der Waals surface area contributed by atoms with Crippen molar-refractivity contribution in [1.29, 1.82) is 0 Å². The molecule has 0 saturated carbocycles. The fraction of sp³-hybridized carbons (Fsp3) is 0.588. The normalized spacial score (nSPS) is 20.6. The Morgan fingerprint density at radius 1 is 1.39 bits per heavy atom. The summed E-state index contributed by atoms with van der Waals surface area (Å²) in [6.45, 7) is 9.89. The first-order valence-corrected chi connectivity index (χ1v) is 8.99. The molecule has 0 aliphatic carbocycles. The van der Waals surface area contributed by atoms with Crippen LogP contribution in [0.25, 0.3) is 0 Å². The summed E-state index contributed by atoms with van der Waals surface area (Å²) in [5.41, 5.74) is -1.18. The Morgan fingerprint density at radius 2 is 2.00 bits per heavy atom. The van der Waals surface area contributed by atoms with Crippen molar-refractivity contribution in [3.05, 3.63) is 29.3 Å². The van der Waals surface area contributed by atoms with Gasteiger partial charge in [-0.25, -0.2) is 4.79 Å². The number of rotatable bonds is 3. The zero-order valence-corrected chi connectivity index (χ0v) is 15.8. The molecule has 128 valence electrons. The average Bonchev–Trinajstić information content (AvgIpc) is 2.71. The number of benzene rings is 1. The highest BCUT2D eigenvalue weighted by Crippen LogP contribution is 2.32. The smallest absolute Gasteiger partial charge is 0.412 e. The van der Waals surface area contributed by atoms with Crippen LogP contribution in [0.15, 0.2) is 29.2 Å². The summed E-state index contributed by atoms with van der Waals surface area (Å²) < 4.78 is 11.3. The summed E-state index contributed by atoms with van der Waals surface area (Å²) in [5, 5.41) is 0.718. The number of amides is 1. The zero-order chi connectivity index (χ0) is 17.3. The summed E-state index contributed by atoms with van der Waals surface area (Å²) in [6.07, 6.45) is -0.332. The van der Waals surface area contributed by atoms with Crippen molar-refractivity contribution in [2.45, 2.75) is 56.9 Å². The van der Waals surface area contributed by atoms with E-state index in [-0.39, 0.29) is 12.1 Å². The summed E-state index contributed by atoms with van der Waals surface area (Å²) in [5.74, 6) is 0.740. The molecule has 0 unspecified atom stereocenters. The lowest BCUT2D eigenvalue weighted by Crippen LogP contribution is -2.50. The minimum atomic E-state index is -0.659. The van der Waals surface area contributed by atoms with Gasteiger partial charge in [-0.2, -0.15) is 0 Å². The van der Waals surface area contributed by atoms with Gasteiger partial charge in [0.15, 0.2) is 0 Å². The number of carbonyl (C=O) groups excluding carboxylic acids is 1. The van der Waals surface area contributed by atoms with Crippen LogP contribution in [0.2, 0.25) is 5.02 Å². The predicted molar refractivity (Wildman–Crippen MR) is 94.1 cm³/mol. The molecule has 6 heteroatoms. The van der Waals surface area contributed by atoms with E-state index >= 15 is 0 Å². The number of carbonyl (C=O) groups is 1. The van der Waals surface area contributed by atoms with Crippen LogP contribution in [0.1, 0.15) is 34.6 Å². The summed E-state index contributed by atoms with van der Waals surface area (Å²) in [6, 6.07) is 7.66. The minimum absolute atomic E-state index is 0.0273. The molecular weight excluding hydrogens is 334 g/mol. The first-order chi connectivity index (χ1) is 10.6. The van der Waals surface area contributed by atoms with Crippen LogP contribution in [-0.2, 0) is 9.47 Å². The van der Waals surface area contributed by atoms with Gasteiger partial charge in [0.25, 0.3) is 0 Å². The molecule has 1 atom stereocenters. The lowest BCUT2D eigenvalue weighted by molar-refractivity contribution is -0.0617. The van der Waals surface area contributed by atoms with Crippen LogP contribution >= 0.6 is 23.4 Å². The second-order valence-electron chi connectivity index (χ2n) is 7.03. The van der Waals surface area contributed by atoms with E-state index in [1.165, 1.54) is 0 Å². The van der Waals surface area contributed by atoms with Gasteiger partial charge < -0.3 is 9.47 Å². The number of halogens is 1. The van der Waals surface area contributed by atoms with Gasteiger partial charge in [0.1, 0.15) is 11.3 Å². The quantitative estimate of drug-likeness (QED) is 0.728. The molecule has 1 heterocycles. The monoisotopic (exact) mass is 357 g/mol. The summed E-state index contributed by atoms with van der Waals surface area (Å²) >= 11 is 7.58. The van der Waals surface area contributed by atoms with E-state index in [9.17, 15) is 4.79 Å². The molecule has 0 radical (unpaired) electrons. The number of thioether (sulfide) groups is 1. The van der Waals surface area contributed by atoms with Crippen molar-refractivity contribution >= 4 is 29.5 Å². The Morgan fingerprint density at radius 3 is 2.57 bits per heavy atom. The minimum Gasteiger partial charge on any atom is -0.444 e. The maximum absolute atomic E-state index is 12.5. The molecule has 23 heavy (non-hydrogen) atoms. The van der Waals surface area contributed by atoms with E-state index in [2.05, 4.69) is 0 Å². The van der Waals surface area contributed by atoms with Crippen LogP contribution < -0.4 is 0 Å². The SMILES string of the molecule is CC(C)(C)OC(=O)N1[C@@H](CSc2ccc(Cl)cc2)COC1(C)C. The van der Waals surface area contributed by atoms with Crippen molar-refractivity contribution in [2.24, 2.45) is 0 Å². The van der Waals surface area contributed by atoms with E-state index in [1.807, 2.05) is 58.9 Å².